The normalized spacial score (nSPS) is 22.9. The van der Waals surface area contributed by atoms with Crippen molar-refractivity contribution in [1.82, 2.24) is 41.0 Å². The Bertz CT molecular complexity index is 2490. The Balaban J connectivity index is 0.000000166. The molecular formula is C48H52F2N10O6. The zero-order valence-electron chi connectivity index (χ0n) is 37.3. The summed E-state index contributed by atoms with van der Waals surface area (Å²) in [5.41, 5.74) is 2.58. The molecular weight excluding hydrogens is 851 g/mol. The SMILES string of the molecule is Cc1cc(C2CC2)cnc1N1CCN(C(=O)c2ccc([C@@]3(C)NC(=O)NC3=O)cc2F)CC1.Cc1cc(C2CC2)cnc1N1CCN(C(=O)c2ccc([C@]3(C)NC(=O)NC3=O)cc2F)CC1. The number of benzene rings is 2. The summed E-state index contributed by atoms with van der Waals surface area (Å²) in [7, 11) is 0. The van der Waals surface area contributed by atoms with Crippen LogP contribution in [0.4, 0.5) is 30.0 Å². The number of urea groups is 2. The lowest BCUT2D eigenvalue weighted by Crippen LogP contribution is -2.49. The highest BCUT2D eigenvalue weighted by Crippen LogP contribution is 2.42. The van der Waals surface area contributed by atoms with Crippen LogP contribution in [0.15, 0.2) is 60.9 Å². The Morgan fingerprint density at radius 2 is 0.939 bits per heavy atom. The highest BCUT2D eigenvalue weighted by molar-refractivity contribution is 6.08. The number of amides is 8. The van der Waals surface area contributed by atoms with Crippen molar-refractivity contribution >= 4 is 47.3 Å². The molecule has 18 heteroatoms. The number of carbonyl (C=O) groups excluding carboxylic acids is 6. The van der Waals surface area contributed by atoms with E-state index in [0.717, 1.165) is 34.9 Å². The molecule has 16 nitrogen and oxygen atoms in total. The first-order valence-corrected chi connectivity index (χ1v) is 22.4. The van der Waals surface area contributed by atoms with Crippen LogP contribution in [0.2, 0.25) is 0 Å². The van der Waals surface area contributed by atoms with E-state index >= 15 is 0 Å². The van der Waals surface area contributed by atoms with Crippen LogP contribution in [-0.2, 0) is 20.7 Å². The van der Waals surface area contributed by atoms with Crippen molar-refractivity contribution in [2.24, 2.45) is 0 Å². The number of pyridine rings is 2. The van der Waals surface area contributed by atoms with Crippen LogP contribution in [0.1, 0.15) is 105 Å². The van der Waals surface area contributed by atoms with E-state index in [2.05, 4.69) is 67.0 Å². The summed E-state index contributed by atoms with van der Waals surface area (Å²) in [6.45, 7) is 11.4. The average Bonchev–Trinajstić information content (AvgIpc) is 4.24. The lowest BCUT2D eigenvalue weighted by atomic mass is 9.91. The molecule has 10 rings (SSSR count). The Labute approximate surface area is 380 Å². The van der Waals surface area contributed by atoms with Crippen LogP contribution < -0.4 is 31.1 Å². The van der Waals surface area contributed by atoms with Crippen LogP contribution in [0, 0.1) is 25.5 Å². The molecule has 2 atom stereocenters. The molecule has 4 aliphatic heterocycles. The van der Waals surface area contributed by atoms with Crippen molar-refractivity contribution < 1.29 is 37.5 Å². The Kier molecular flexibility index (Phi) is 11.5. The minimum Gasteiger partial charge on any atom is -0.353 e. The number of anilines is 2. The lowest BCUT2D eigenvalue weighted by molar-refractivity contribution is -0.124. The number of imide groups is 2. The predicted molar refractivity (Wildman–Crippen MR) is 239 cm³/mol. The van der Waals surface area contributed by atoms with Gasteiger partial charge in [-0.15, -0.1) is 0 Å². The van der Waals surface area contributed by atoms with Gasteiger partial charge in [0.25, 0.3) is 23.6 Å². The summed E-state index contributed by atoms with van der Waals surface area (Å²) in [6, 6.07) is 11.2. The summed E-state index contributed by atoms with van der Waals surface area (Å²) in [5, 5.41) is 9.30. The second kappa shape index (κ2) is 17.1. The van der Waals surface area contributed by atoms with Crippen LogP contribution in [0.5, 0.6) is 0 Å². The topological polar surface area (TPSA) is 189 Å². The van der Waals surface area contributed by atoms with Crippen molar-refractivity contribution in [2.45, 2.75) is 76.3 Å². The summed E-state index contributed by atoms with van der Waals surface area (Å²) in [4.78, 5) is 90.1. The lowest BCUT2D eigenvalue weighted by Gasteiger charge is -2.36. The molecule has 6 fully saturated rings. The van der Waals surface area contributed by atoms with E-state index in [9.17, 15) is 37.5 Å². The predicted octanol–water partition coefficient (Wildman–Crippen LogP) is 4.85. The van der Waals surface area contributed by atoms with E-state index in [1.165, 1.54) is 74.9 Å². The largest absolute Gasteiger partial charge is 0.353 e. The van der Waals surface area contributed by atoms with E-state index in [4.69, 9.17) is 0 Å². The molecule has 0 radical (unpaired) electrons. The number of halogens is 2. The van der Waals surface area contributed by atoms with Crippen LogP contribution in [0.25, 0.3) is 0 Å². The van der Waals surface area contributed by atoms with Crippen molar-refractivity contribution in [3.05, 3.63) is 117 Å². The molecule has 66 heavy (non-hydrogen) atoms. The highest BCUT2D eigenvalue weighted by atomic mass is 19.1. The van der Waals surface area contributed by atoms with Gasteiger partial charge in [-0.25, -0.2) is 28.3 Å². The fourth-order valence-corrected chi connectivity index (χ4v) is 9.20. The number of nitrogens with zero attached hydrogens (tertiary/aromatic N) is 6. The van der Waals surface area contributed by atoms with Crippen molar-refractivity contribution in [3.63, 3.8) is 0 Å². The molecule has 4 N–H and O–H groups in total. The van der Waals surface area contributed by atoms with Gasteiger partial charge in [0.05, 0.1) is 11.1 Å². The summed E-state index contributed by atoms with van der Waals surface area (Å²) in [5.74, 6) is -0.154. The molecule has 0 unspecified atom stereocenters. The highest BCUT2D eigenvalue weighted by Gasteiger charge is 2.45. The fourth-order valence-electron chi connectivity index (χ4n) is 9.20. The van der Waals surface area contributed by atoms with Crippen LogP contribution in [0.3, 0.4) is 0 Å². The summed E-state index contributed by atoms with van der Waals surface area (Å²) in [6.07, 6.45) is 8.86. The Morgan fingerprint density at radius 1 is 0.576 bits per heavy atom. The molecule has 2 aromatic carbocycles. The van der Waals surface area contributed by atoms with Gasteiger partial charge in [-0.3, -0.25) is 29.8 Å². The quantitative estimate of drug-likeness (QED) is 0.178. The summed E-state index contributed by atoms with van der Waals surface area (Å²) < 4.78 is 29.8. The first kappa shape index (κ1) is 44.2. The monoisotopic (exact) mass is 902 g/mol. The number of aromatic nitrogens is 2. The van der Waals surface area contributed by atoms with Crippen molar-refractivity contribution in [1.29, 1.82) is 0 Å². The minimum absolute atomic E-state index is 0.0522. The van der Waals surface area contributed by atoms with Crippen molar-refractivity contribution in [3.8, 4) is 0 Å². The Hall–Kier alpha value is -6.98. The van der Waals surface area contributed by atoms with Gasteiger partial charge < -0.3 is 30.2 Å². The van der Waals surface area contributed by atoms with E-state index in [0.29, 0.717) is 64.2 Å². The molecule has 2 saturated carbocycles. The van der Waals surface area contributed by atoms with Gasteiger partial charge in [-0.2, -0.15) is 0 Å². The third-order valence-electron chi connectivity index (χ3n) is 13.6. The van der Waals surface area contributed by atoms with Crippen molar-refractivity contribution in [2.75, 3.05) is 62.2 Å². The maximum atomic E-state index is 14.9. The average molecular weight is 903 g/mol. The van der Waals surface area contributed by atoms with Gasteiger partial charge in [0.1, 0.15) is 34.3 Å². The molecule has 6 aliphatic rings. The zero-order valence-corrected chi connectivity index (χ0v) is 37.3. The molecule has 2 aromatic heterocycles. The van der Waals surface area contributed by atoms with E-state index in [1.807, 2.05) is 12.4 Å². The molecule has 4 saturated heterocycles. The summed E-state index contributed by atoms with van der Waals surface area (Å²) >= 11 is 0. The fraction of sp³-hybridized carbons (Fsp3) is 0.417. The molecule has 8 amide bonds. The number of nitrogens with one attached hydrogen (secondary N) is 4. The number of carbonyl (C=O) groups is 6. The second-order valence-corrected chi connectivity index (χ2v) is 18.4. The van der Waals surface area contributed by atoms with Gasteiger partial charge in [0.15, 0.2) is 0 Å². The van der Waals surface area contributed by atoms with Gasteiger partial charge in [-0.1, -0.05) is 24.3 Å². The van der Waals surface area contributed by atoms with Gasteiger partial charge in [0.2, 0.25) is 0 Å². The molecule has 0 bridgehead atoms. The van der Waals surface area contributed by atoms with Gasteiger partial charge in [-0.05, 0) is 123 Å². The standard InChI is InChI=1S/2C24H26FN5O3/c2*1-14-11-16(15-3-4-15)13-26-20(14)29-7-9-30(10-8-29)21(31)18-6-5-17(12-19(18)25)24(2)22(32)27-23(33)28-24/h2*5-6,11-13,15H,3-4,7-10H2,1-2H3,(H2,27,28,32,33)/t2*24-/m10/s1. The van der Waals surface area contributed by atoms with Gasteiger partial charge >= 0.3 is 12.1 Å². The zero-order chi connectivity index (χ0) is 46.7. The molecule has 6 heterocycles. The first-order valence-electron chi connectivity index (χ1n) is 22.4. The number of hydrogen-bond acceptors (Lipinski definition) is 10. The third kappa shape index (κ3) is 8.51. The molecule has 0 spiro atoms. The smallest absolute Gasteiger partial charge is 0.322 e. The minimum atomic E-state index is -1.37. The van der Waals surface area contributed by atoms with Crippen LogP contribution >= 0.6 is 0 Å². The number of hydrogen-bond donors (Lipinski definition) is 4. The number of piperazine rings is 2. The second-order valence-electron chi connectivity index (χ2n) is 18.4. The maximum Gasteiger partial charge on any atom is 0.322 e. The van der Waals surface area contributed by atoms with Gasteiger partial charge in [0, 0.05) is 64.8 Å². The van der Waals surface area contributed by atoms with Crippen LogP contribution in [-0.4, -0.2) is 108 Å². The molecule has 2 aliphatic carbocycles. The van der Waals surface area contributed by atoms with E-state index in [1.54, 1.807) is 9.80 Å². The van der Waals surface area contributed by atoms with E-state index in [-0.39, 0.29) is 22.3 Å². The van der Waals surface area contributed by atoms with E-state index < -0.39 is 58.4 Å². The third-order valence-corrected chi connectivity index (χ3v) is 13.6. The maximum absolute atomic E-state index is 14.9. The molecule has 4 aromatic rings. The number of rotatable bonds is 8. The Morgan fingerprint density at radius 3 is 1.23 bits per heavy atom. The number of aryl methyl sites for hydroxylation is 2. The first-order chi connectivity index (χ1) is 31.5. The molecule has 344 valence electrons.